The third-order valence-corrected chi connectivity index (χ3v) is 8.28. The maximum absolute atomic E-state index is 10.5. The number of hydrogen-bond donors (Lipinski definition) is 1. The first-order valence-corrected chi connectivity index (χ1v) is 9.57. The molecule has 5 unspecified atom stereocenters. The van der Waals surface area contributed by atoms with Crippen LogP contribution in [0.25, 0.3) is 0 Å². The predicted octanol–water partition coefficient (Wildman–Crippen LogP) is 5.26. The second-order valence-electron chi connectivity index (χ2n) is 8.91. The van der Waals surface area contributed by atoms with E-state index in [4.69, 9.17) is 0 Å². The van der Waals surface area contributed by atoms with Gasteiger partial charge in [0.15, 0.2) is 0 Å². The Kier molecular flexibility index (Phi) is 3.39. The van der Waals surface area contributed by atoms with E-state index >= 15 is 0 Å². The first-order valence-electron chi connectivity index (χ1n) is 9.57. The summed E-state index contributed by atoms with van der Waals surface area (Å²) in [6.07, 6.45) is 15.2. The maximum Gasteiger partial charge on any atom is 0.0596 e. The first kappa shape index (κ1) is 15.0. The Morgan fingerprint density at radius 3 is 2.77 bits per heavy atom. The van der Waals surface area contributed by atoms with Crippen LogP contribution in [-0.4, -0.2) is 11.2 Å². The standard InChI is InChI=1S/C21H32O/c1-4-21-12-9-14(2)13-15(21)5-6-16-17-7-8-19(22)20(17,3)11-10-18(16)21/h5,13,16-19,22H,4,6-12H2,1-3H3/t16?,17?,18?,19-,20?,21?/m0/s1. The van der Waals surface area contributed by atoms with Gasteiger partial charge in [-0.1, -0.05) is 31.6 Å². The molecule has 4 rings (SSSR count). The van der Waals surface area contributed by atoms with Gasteiger partial charge in [0.05, 0.1) is 6.10 Å². The molecule has 0 aromatic carbocycles. The van der Waals surface area contributed by atoms with Gasteiger partial charge in [-0.15, -0.1) is 0 Å². The van der Waals surface area contributed by atoms with E-state index in [1.807, 2.05) is 0 Å². The molecule has 4 aliphatic carbocycles. The molecule has 1 nitrogen and oxygen atoms in total. The van der Waals surface area contributed by atoms with E-state index in [-0.39, 0.29) is 11.5 Å². The molecule has 22 heavy (non-hydrogen) atoms. The fourth-order valence-corrected chi connectivity index (χ4v) is 6.89. The summed E-state index contributed by atoms with van der Waals surface area (Å²) in [5.41, 5.74) is 3.91. The minimum absolute atomic E-state index is 0.0464. The Morgan fingerprint density at radius 2 is 2.00 bits per heavy atom. The van der Waals surface area contributed by atoms with Crippen molar-refractivity contribution in [1.82, 2.24) is 0 Å². The minimum atomic E-state index is -0.0464. The van der Waals surface area contributed by atoms with Crippen LogP contribution in [0.5, 0.6) is 0 Å². The topological polar surface area (TPSA) is 20.2 Å². The lowest BCUT2D eigenvalue weighted by Gasteiger charge is -2.57. The minimum Gasteiger partial charge on any atom is -0.393 e. The van der Waals surface area contributed by atoms with Gasteiger partial charge < -0.3 is 5.11 Å². The van der Waals surface area contributed by atoms with Gasteiger partial charge in [-0.25, -0.2) is 0 Å². The van der Waals surface area contributed by atoms with Crippen molar-refractivity contribution >= 4 is 0 Å². The molecule has 6 atom stereocenters. The van der Waals surface area contributed by atoms with Gasteiger partial charge in [-0.2, -0.15) is 0 Å². The van der Waals surface area contributed by atoms with Gasteiger partial charge in [0.2, 0.25) is 0 Å². The fourth-order valence-electron chi connectivity index (χ4n) is 6.89. The van der Waals surface area contributed by atoms with Crippen LogP contribution in [0.4, 0.5) is 0 Å². The van der Waals surface area contributed by atoms with Gasteiger partial charge >= 0.3 is 0 Å². The number of aliphatic hydroxyl groups excluding tert-OH is 1. The lowest BCUT2D eigenvalue weighted by molar-refractivity contribution is -0.0673. The van der Waals surface area contributed by atoms with E-state index in [1.165, 1.54) is 44.9 Å². The molecular weight excluding hydrogens is 268 g/mol. The molecule has 0 aromatic heterocycles. The molecule has 0 bridgehead atoms. The molecule has 0 amide bonds. The third-order valence-electron chi connectivity index (χ3n) is 8.28. The second-order valence-corrected chi connectivity index (χ2v) is 8.91. The van der Waals surface area contributed by atoms with Crippen LogP contribution in [0, 0.1) is 28.6 Å². The lowest BCUT2D eigenvalue weighted by atomic mass is 9.47. The molecule has 1 heteroatoms. The van der Waals surface area contributed by atoms with E-state index in [0.29, 0.717) is 5.41 Å². The quantitative estimate of drug-likeness (QED) is 0.700. The summed E-state index contributed by atoms with van der Waals surface area (Å²) in [5.74, 6) is 2.45. The van der Waals surface area contributed by atoms with Crippen LogP contribution in [0.15, 0.2) is 23.3 Å². The zero-order valence-corrected chi connectivity index (χ0v) is 14.6. The van der Waals surface area contributed by atoms with E-state index in [2.05, 4.69) is 32.9 Å². The van der Waals surface area contributed by atoms with Crippen molar-refractivity contribution in [2.75, 3.05) is 0 Å². The zero-order chi connectivity index (χ0) is 15.5. The monoisotopic (exact) mass is 300 g/mol. The number of hydrogen-bond acceptors (Lipinski definition) is 1. The highest BCUT2D eigenvalue weighted by molar-refractivity contribution is 5.37. The highest BCUT2D eigenvalue weighted by atomic mass is 16.3. The third kappa shape index (κ3) is 1.81. The maximum atomic E-state index is 10.5. The van der Waals surface area contributed by atoms with Gasteiger partial charge in [0.25, 0.3) is 0 Å². The Hall–Kier alpha value is -0.560. The largest absolute Gasteiger partial charge is 0.393 e. The van der Waals surface area contributed by atoms with Crippen LogP contribution < -0.4 is 0 Å². The van der Waals surface area contributed by atoms with E-state index in [1.54, 1.807) is 11.1 Å². The summed E-state index contributed by atoms with van der Waals surface area (Å²) in [6, 6.07) is 0. The zero-order valence-electron chi connectivity index (χ0n) is 14.6. The predicted molar refractivity (Wildman–Crippen MR) is 91.5 cm³/mol. The molecule has 0 radical (unpaired) electrons. The molecule has 0 spiro atoms. The molecule has 0 heterocycles. The summed E-state index contributed by atoms with van der Waals surface area (Å²) in [6.45, 7) is 7.11. The van der Waals surface area contributed by atoms with Crippen molar-refractivity contribution in [3.63, 3.8) is 0 Å². The van der Waals surface area contributed by atoms with Crippen LogP contribution >= 0.6 is 0 Å². The molecule has 1 N–H and O–H groups in total. The molecule has 4 aliphatic rings. The van der Waals surface area contributed by atoms with Crippen LogP contribution in [0.2, 0.25) is 0 Å². The Bertz CT molecular complexity index is 530. The Morgan fingerprint density at radius 1 is 1.18 bits per heavy atom. The molecule has 122 valence electrons. The van der Waals surface area contributed by atoms with Crippen molar-refractivity contribution in [3.05, 3.63) is 23.3 Å². The van der Waals surface area contributed by atoms with E-state index < -0.39 is 0 Å². The summed E-state index contributed by atoms with van der Waals surface area (Å²) >= 11 is 0. The van der Waals surface area contributed by atoms with Crippen molar-refractivity contribution in [1.29, 1.82) is 0 Å². The molecule has 0 aromatic rings. The summed E-state index contributed by atoms with van der Waals surface area (Å²) in [5, 5.41) is 10.5. The van der Waals surface area contributed by atoms with E-state index in [9.17, 15) is 5.11 Å². The number of fused-ring (bicyclic) bond motifs is 5. The SMILES string of the molecule is CCC12CCC(C)=CC1=CCC1C2CCC2(C)C1CC[C@@H]2O. The fraction of sp³-hybridized carbons (Fsp3) is 0.810. The number of allylic oxidation sites excluding steroid dienone is 4. The number of aliphatic hydroxyl groups is 1. The number of rotatable bonds is 1. The highest BCUT2D eigenvalue weighted by Crippen LogP contribution is 2.65. The van der Waals surface area contributed by atoms with Crippen molar-refractivity contribution < 1.29 is 5.11 Å². The van der Waals surface area contributed by atoms with Gasteiger partial charge in [-0.3, -0.25) is 0 Å². The highest BCUT2D eigenvalue weighted by Gasteiger charge is 2.58. The molecule has 0 aliphatic heterocycles. The molecule has 0 saturated heterocycles. The lowest BCUT2D eigenvalue weighted by Crippen LogP contribution is -2.50. The van der Waals surface area contributed by atoms with Gasteiger partial charge in [-0.05, 0) is 92.4 Å². The van der Waals surface area contributed by atoms with E-state index in [0.717, 1.165) is 24.2 Å². The smallest absolute Gasteiger partial charge is 0.0596 e. The summed E-state index contributed by atoms with van der Waals surface area (Å²) < 4.78 is 0. The van der Waals surface area contributed by atoms with Crippen LogP contribution in [-0.2, 0) is 0 Å². The van der Waals surface area contributed by atoms with Gasteiger partial charge in [0, 0.05) is 0 Å². The Labute approximate surface area is 135 Å². The average Bonchev–Trinajstić information content (AvgIpc) is 2.82. The average molecular weight is 300 g/mol. The molecule has 2 saturated carbocycles. The van der Waals surface area contributed by atoms with Gasteiger partial charge in [0.1, 0.15) is 0 Å². The molecule has 2 fully saturated rings. The second kappa shape index (κ2) is 4.97. The van der Waals surface area contributed by atoms with Crippen molar-refractivity contribution in [2.24, 2.45) is 28.6 Å². The van der Waals surface area contributed by atoms with Crippen LogP contribution in [0.3, 0.4) is 0 Å². The van der Waals surface area contributed by atoms with Crippen LogP contribution in [0.1, 0.15) is 72.1 Å². The normalized spacial score (nSPS) is 50.5. The van der Waals surface area contributed by atoms with Crippen molar-refractivity contribution in [2.45, 2.75) is 78.2 Å². The Balaban J connectivity index is 1.74. The molecular formula is C21H32O. The van der Waals surface area contributed by atoms with Crippen molar-refractivity contribution in [3.8, 4) is 0 Å². The first-order chi connectivity index (χ1) is 10.5. The summed E-state index contributed by atoms with van der Waals surface area (Å²) in [4.78, 5) is 0. The summed E-state index contributed by atoms with van der Waals surface area (Å²) in [7, 11) is 0.